The lowest BCUT2D eigenvalue weighted by Gasteiger charge is -2.10. The molecule has 31 heavy (non-hydrogen) atoms. The monoisotopic (exact) mass is 456 g/mol. The van der Waals surface area contributed by atoms with Gasteiger partial charge in [0.15, 0.2) is 0 Å². The second-order valence-electron chi connectivity index (χ2n) is 6.45. The fourth-order valence-corrected chi connectivity index (χ4v) is 3.36. The lowest BCUT2D eigenvalue weighted by Crippen LogP contribution is -2.12. The van der Waals surface area contributed by atoms with E-state index in [1.54, 1.807) is 36.4 Å². The summed E-state index contributed by atoms with van der Waals surface area (Å²) in [6, 6.07) is 15.7. The van der Waals surface area contributed by atoms with Crippen molar-refractivity contribution in [3.8, 4) is 11.5 Å². The Balaban J connectivity index is 1.61. The summed E-state index contributed by atoms with van der Waals surface area (Å²) in [5.41, 5.74) is 0.916. The van der Waals surface area contributed by atoms with E-state index in [1.165, 1.54) is 13.3 Å². The predicted octanol–water partition coefficient (Wildman–Crippen LogP) is 6.42. The van der Waals surface area contributed by atoms with Crippen molar-refractivity contribution in [2.75, 3.05) is 12.4 Å². The van der Waals surface area contributed by atoms with E-state index in [2.05, 4.69) is 15.2 Å². The number of nitrogens with zero attached hydrogens (tertiary/aromatic N) is 1. The van der Waals surface area contributed by atoms with Crippen LogP contribution in [-0.4, -0.2) is 18.0 Å². The van der Waals surface area contributed by atoms with Gasteiger partial charge in [0.1, 0.15) is 28.7 Å². The van der Waals surface area contributed by atoms with Crippen LogP contribution in [0.1, 0.15) is 16.1 Å². The smallest absolute Gasteiger partial charge is 0.257 e. The lowest BCUT2D eigenvalue weighted by molar-refractivity contribution is -0.160. The van der Waals surface area contributed by atoms with E-state index in [4.69, 9.17) is 25.1 Å². The highest BCUT2D eigenvalue weighted by Gasteiger charge is 2.16. The van der Waals surface area contributed by atoms with Crippen molar-refractivity contribution in [2.24, 2.45) is 0 Å². The first kappa shape index (κ1) is 21.2. The van der Waals surface area contributed by atoms with E-state index in [1.807, 2.05) is 25.1 Å². The molecule has 0 spiro atoms. The summed E-state index contributed by atoms with van der Waals surface area (Å²) in [4.78, 5) is 22.3. The summed E-state index contributed by atoms with van der Waals surface area (Å²) in [5.74, 6) is 1.84. The standard InChI is InChI=1S/C22H17ClN2O5S/c1-13-9-18-19(28-13)10-14(22(26)25-21-8-3-15(23)12-24-21)11-20(18)29-16-4-6-17(7-5-16)31-30-27-2/h3-12H,1-2H3,(H,24,25,26). The Bertz CT molecular complexity index is 1210. The zero-order valence-electron chi connectivity index (χ0n) is 16.5. The van der Waals surface area contributed by atoms with Crippen LogP contribution in [0, 0.1) is 6.92 Å². The number of carbonyl (C=O) groups is 1. The van der Waals surface area contributed by atoms with Crippen molar-refractivity contribution >= 4 is 46.3 Å². The minimum Gasteiger partial charge on any atom is -0.461 e. The number of furan rings is 1. The van der Waals surface area contributed by atoms with E-state index in [9.17, 15) is 4.79 Å². The summed E-state index contributed by atoms with van der Waals surface area (Å²) in [6.07, 6.45) is 1.46. The number of halogens is 1. The number of fused-ring (bicyclic) bond motifs is 1. The number of pyridine rings is 1. The quantitative estimate of drug-likeness (QED) is 0.195. The Kier molecular flexibility index (Phi) is 6.43. The van der Waals surface area contributed by atoms with Gasteiger partial charge >= 0.3 is 0 Å². The van der Waals surface area contributed by atoms with Crippen LogP contribution in [0.2, 0.25) is 5.02 Å². The van der Waals surface area contributed by atoms with Crippen molar-refractivity contribution in [2.45, 2.75) is 11.8 Å². The van der Waals surface area contributed by atoms with Gasteiger partial charge in [-0.15, -0.1) is 0 Å². The first-order valence-corrected chi connectivity index (χ1v) is 10.3. The molecule has 2 heterocycles. The molecule has 4 aromatic rings. The van der Waals surface area contributed by atoms with Gasteiger partial charge in [-0.05, 0) is 61.5 Å². The Hall–Kier alpha value is -3.04. The Morgan fingerprint density at radius 3 is 2.65 bits per heavy atom. The summed E-state index contributed by atoms with van der Waals surface area (Å²) < 4.78 is 16.6. The fourth-order valence-electron chi connectivity index (χ4n) is 2.85. The first-order chi connectivity index (χ1) is 15.0. The summed E-state index contributed by atoms with van der Waals surface area (Å²) in [5, 5.41) is 3.99. The number of hydrogen-bond donors (Lipinski definition) is 1. The topological polar surface area (TPSA) is 82.8 Å². The van der Waals surface area contributed by atoms with Gasteiger partial charge in [-0.3, -0.25) is 4.79 Å². The van der Waals surface area contributed by atoms with E-state index in [0.29, 0.717) is 39.2 Å². The maximum Gasteiger partial charge on any atom is 0.257 e. The van der Waals surface area contributed by atoms with Gasteiger partial charge in [-0.2, -0.15) is 4.33 Å². The van der Waals surface area contributed by atoms with E-state index >= 15 is 0 Å². The highest BCUT2D eigenvalue weighted by atomic mass is 35.5. The van der Waals surface area contributed by atoms with Gasteiger partial charge in [0.25, 0.3) is 5.91 Å². The number of aromatic nitrogens is 1. The van der Waals surface area contributed by atoms with Crippen molar-refractivity contribution in [3.63, 3.8) is 0 Å². The fraction of sp³-hybridized carbons (Fsp3) is 0.0909. The molecule has 2 aromatic carbocycles. The van der Waals surface area contributed by atoms with E-state index in [-0.39, 0.29) is 5.91 Å². The molecule has 0 saturated heterocycles. The van der Waals surface area contributed by atoms with Crippen LogP contribution in [-0.2, 0) is 9.22 Å². The van der Waals surface area contributed by atoms with Crippen molar-refractivity contribution < 1.29 is 23.2 Å². The molecule has 0 saturated carbocycles. The highest BCUT2D eigenvalue weighted by molar-refractivity contribution is 7.94. The van der Waals surface area contributed by atoms with Crippen molar-refractivity contribution in [1.29, 1.82) is 0 Å². The van der Waals surface area contributed by atoms with Gasteiger partial charge in [-0.1, -0.05) is 11.6 Å². The molecule has 0 atom stereocenters. The number of carbonyl (C=O) groups excluding carboxylic acids is 1. The predicted molar refractivity (Wildman–Crippen MR) is 119 cm³/mol. The summed E-state index contributed by atoms with van der Waals surface area (Å²) >= 11 is 6.94. The number of ether oxygens (including phenoxy) is 1. The molecular weight excluding hydrogens is 440 g/mol. The first-order valence-electron chi connectivity index (χ1n) is 9.14. The normalized spacial score (nSPS) is 10.9. The van der Waals surface area contributed by atoms with Gasteiger partial charge in [0, 0.05) is 16.7 Å². The molecule has 7 nitrogen and oxygen atoms in total. The molecule has 158 valence electrons. The molecule has 1 N–H and O–H groups in total. The van der Waals surface area contributed by atoms with Crippen molar-refractivity contribution in [3.05, 3.63) is 77.1 Å². The summed E-state index contributed by atoms with van der Waals surface area (Å²) in [6.45, 7) is 1.84. The van der Waals surface area contributed by atoms with Crippen LogP contribution in [0.15, 0.2) is 70.1 Å². The lowest BCUT2D eigenvalue weighted by atomic mass is 10.1. The molecule has 0 aliphatic heterocycles. The SMILES string of the molecule is COOSc1ccc(Oc2cc(C(=O)Nc3ccc(Cl)cn3)cc3oc(C)cc23)cc1. The molecule has 0 aliphatic carbocycles. The molecule has 2 aromatic heterocycles. The van der Waals surface area contributed by atoms with Crippen LogP contribution in [0.25, 0.3) is 11.0 Å². The second-order valence-corrected chi connectivity index (χ2v) is 7.66. The molecule has 0 bridgehead atoms. The number of aryl methyl sites for hydroxylation is 1. The van der Waals surface area contributed by atoms with Gasteiger partial charge in [-0.25, -0.2) is 9.87 Å². The largest absolute Gasteiger partial charge is 0.461 e. The molecule has 9 heteroatoms. The molecule has 0 unspecified atom stereocenters. The third-order valence-electron chi connectivity index (χ3n) is 4.20. The van der Waals surface area contributed by atoms with Crippen molar-refractivity contribution in [1.82, 2.24) is 4.98 Å². The third-order valence-corrected chi connectivity index (χ3v) is 5.10. The zero-order chi connectivity index (χ0) is 21.8. The molecule has 0 aliphatic rings. The van der Waals surface area contributed by atoms with E-state index < -0.39 is 0 Å². The van der Waals surface area contributed by atoms with Gasteiger partial charge in [0.2, 0.25) is 0 Å². The number of amides is 1. The number of hydrogen-bond acceptors (Lipinski definition) is 7. The van der Waals surface area contributed by atoms with Gasteiger partial charge in [0.05, 0.1) is 29.6 Å². The second kappa shape index (κ2) is 9.40. The van der Waals surface area contributed by atoms with Crippen LogP contribution in [0.5, 0.6) is 11.5 Å². The maximum absolute atomic E-state index is 12.8. The number of rotatable bonds is 7. The van der Waals surface area contributed by atoms with Gasteiger partial charge < -0.3 is 14.5 Å². The van der Waals surface area contributed by atoms with Crippen LogP contribution < -0.4 is 10.1 Å². The minimum absolute atomic E-state index is 0.348. The minimum atomic E-state index is -0.348. The molecule has 1 amide bonds. The molecular formula is C22H17ClN2O5S. The van der Waals surface area contributed by atoms with Crippen LogP contribution in [0.4, 0.5) is 5.82 Å². The molecule has 0 radical (unpaired) electrons. The number of anilines is 1. The molecule has 0 fully saturated rings. The van der Waals surface area contributed by atoms with E-state index in [0.717, 1.165) is 22.3 Å². The van der Waals surface area contributed by atoms with Crippen LogP contribution >= 0.6 is 23.6 Å². The Labute approximate surface area is 187 Å². The number of nitrogens with one attached hydrogen (secondary N) is 1. The third kappa shape index (κ3) is 5.18. The maximum atomic E-state index is 12.8. The zero-order valence-corrected chi connectivity index (χ0v) is 18.1. The molecule has 4 rings (SSSR count). The Morgan fingerprint density at radius 1 is 1.13 bits per heavy atom. The number of benzene rings is 2. The average Bonchev–Trinajstić information content (AvgIpc) is 3.15. The average molecular weight is 457 g/mol. The summed E-state index contributed by atoms with van der Waals surface area (Å²) in [7, 11) is 1.44. The Morgan fingerprint density at radius 2 is 1.94 bits per heavy atom. The van der Waals surface area contributed by atoms with Crippen LogP contribution in [0.3, 0.4) is 0 Å². The highest BCUT2D eigenvalue weighted by Crippen LogP contribution is 2.34.